The van der Waals surface area contributed by atoms with Crippen LogP contribution in [0.25, 0.3) is 0 Å². The highest BCUT2D eigenvalue weighted by Gasteiger charge is 2.27. The Morgan fingerprint density at radius 2 is 2.10 bits per heavy atom. The Morgan fingerprint density at radius 1 is 1.26 bits per heavy atom. The van der Waals surface area contributed by atoms with Crippen LogP contribution < -0.4 is 15.5 Å². The molecule has 1 saturated heterocycles. The van der Waals surface area contributed by atoms with Crippen LogP contribution in [0.3, 0.4) is 0 Å². The molecule has 0 spiro atoms. The van der Waals surface area contributed by atoms with Crippen molar-refractivity contribution in [3.05, 3.63) is 30.2 Å². The second-order valence-corrected chi connectivity index (χ2v) is 8.65. The number of nitrogens with one attached hydrogen (secondary N) is 2. The van der Waals surface area contributed by atoms with E-state index in [2.05, 4.69) is 37.5 Å². The minimum absolute atomic E-state index is 0.0575. The Bertz CT molecular complexity index is 863. The van der Waals surface area contributed by atoms with Gasteiger partial charge in [0.25, 0.3) is 0 Å². The van der Waals surface area contributed by atoms with Crippen LogP contribution in [0.1, 0.15) is 51.0 Å². The number of anilines is 2. The number of aliphatic hydroxyl groups excluding tert-OH is 1. The molecule has 3 N–H and O–H groups in total. The maximum Gasteiger partial charge on any atom is 0.224 e. The lowest BCUT2D eigenvalue weighted by atomic mass is 9.85. The zero-order valence-corrected chi connectivity index (χ0v) is 18.2. The summed E-state index contributed by atoms with van der Waals surface area (Å²) in [6, 6.07) is 2.16. The number of rotatable bonds is 8. The second-order valence-electron chi connectivity index (χ2n) is 8.65. The van der Waals surface area contributed by atoms with Crippen LogP contribution in [-0.2, 0) is 17.9 Å². The van der Waals surface area contributed by atoms with Gasteiger partial charge in [0.1, 0.15) is 5.82 Å². The van der Waals surface area contributed by atoms with E-state index in [4.69, 9.17) is 0 Å². The Morgan fingerprint density at radius 3 is 2.84 bits per heavy atom. The topological polar surface area (TPSA) is 108 Å². The molecule has 0 bridgehead atoms. The molecule has 2 fully saturated rings. The Hall–Kier alpha value is -2.68. The summed E-state index contributed by atoms with van der Waals surface area (Å²) in [5, 5.41) is 20.6. The molecule has 9 nitrogen and oxygen atoms in total. The van der Waals surface area contributed by atoms with Crippen LogP contribution in [0.2, 0.25) is 0 Å². The van der Waals surface area contributed by atoms with E-state index in [-0.39, 0.29) is 24.0 Å². The van der Waals surface area contributed by atoms with Crippen LogP contribution in [-0.4, -0.2) is 56.0 Å². The number of hydrogen-bond donors (Lipinski definition) is 3. The van der Waals surface area contributed by atoms with Crippen molar-refractivity contribution in [3.8, 4) is 0 Å². The van der Waals surface area contributed by atoms with E-state index in [1.54, 1.807) is 6.20 Å². The predicted octanol–water partition coefficient (Wildman–Crippen LogP) is 1.94. The molecule has 4 rings (SSSR count). The third-order valence-corrected chi connectivity index (χ3v) is 6.17. The van der Waals surface area contributed by atoms with Gasteiger partial charge in [0.2, 0.25) is 11.9 Å². The summed E-state index contributed by atoms with van der Waals surface area (Å²) in [4.78, 5) is 23.6. The number of nitrogens with zero attached hydrogens (tertiary/aromatic N) is 5. The van der Waals surface area contributed by atoms with Gasteiger partial charge in [-0.1, -0.05) is 6.92 Å². The van der Waals surface area contributed by atoms with Crippen LogP contribution in [0, 0.1) is 5.92 Å². The summed E-state index contributed by atoms with van der Waals surface area (Å²) in [5.74, 6) is 1.66. The number of hydrogen-bond acceptors (Lipinski definition) is 7. The molecule has 1 aliphatic heterocycles. The Labute approximate surface area is 183 Å². The van der Waals surface area contributed by atoms with Crippen molar-refractivity contribution >= 4 is 17.7 Å². The molecular formula is C22H33N7O2. The summed E-state index contributed by atoms with van der Waals surface area (Å²) >= 11 is 0. The normalized spacial score (nSPS) is 23.7. The zero-order valence-electron chi connectivity index (χ0n) is 18.2. The predicted molar refractivity (Wildman–Crippen MR) is 119 cm³/mol. The number of amides is 1. The van der Waals surface area contributed by atoms with Crippen molar-refractivity contribution in [2.24, 2.45) is 5.92 Å². The van der Waals surface area contributed by atoms with E-state index in [1.807, 2.05) is 23.1 Å². The van der Waals surface area contributed by atoms with Crippen LogP contribution >= 0.6 is 0 Å². The largest absolute Gasteiger partial charge is 0.391 e. The average molecular weight is 428 g/mol. The van der Waals surface area contributed by atoms with Gasteiger partial charge in [0.15, 0.2) is 0 Å². The number of carbonyl (C=O) groups excluding carboxylic acids is 1. The van der Waals surface area contributed by atoms with E-state index in [0.717, 1.165) is 63.0 Å². The molecule has 0 aromatic carbocycles. The standard InChI is InChI=1S/C22H33N7O2/c1-2-10-29-14-16(13-25-29)12-24-21(31)17-3-5-18(6-4-17)26-22-23-9-7-20(27-22)28-11-8-19(30)15-28/h7,9,13-14,17-19,30H,2-6,8,10-12,15H2,1H3,(H,24,31)(H,23,26,27). The van der Waals surface area contributed by atoms with Crippen LogP contribution in [0.4, 0.5) is 11.8 Å². The fourth-order valence-corrected chi connectivity index (χ4v) is 4.41. The second kappa shape index (κ2) is 10.1. The molecule has 3 heterocycles. The lowest BCUT2D eigenvalue weighted by Crippen LogP contribution is -2.35. The van der Waals surface area contributed by atoms with E-state index in [0.29, 0.717) is 19.0 Å². The quantitative estimate of drug-likeness (QED) is 0.591. The molecule has 168 valence electrons. The minimum Gasteiger partial charge on any atom is -0.391 e. The van der Waals surface area contributed by atoms with E-state index in [9.17, 15) is 9.90 Å². The maximum atomic E-state index is 12.6. The van der Waals surface area contributed by atoms with Gasteiger partial charge in [-0.15, -0.1) is 0 Å². The molecule has 31 heavy (non-hydrogen) atoms. The molecule has 2 aromatic rings. The van der Waals surface area contributed by atoms with Gasteiger partial charge < -0.3 is 20.6 Å². The number of aliphatic hydroxyl groups is 1. The first-order valence-electron chi connectivity index (χ1n) is 11.4. The van der Waals surface area contributed by atoms with Gasteiger partial charge in [-0.05, 0) is 44.6 Å². The van der Waals surface area contributed by atoms with Crippen molar-refractivity contribution in [2.45, 2.75) is 70.7 Å². The lowest BCUT2D eigenvalue weighted by Gasteiger charge is -2.28. The summed E-state index contributed by atoms with van der Waals surface area (Å²) in [6.07, 6.45) is 10.7. The number of carbonyl (C=O) groups is 1. The fourth-order valence-electron chi connectivity index (χ4n) is 4.41. The highest BCUT2D eigenvalue weighted by molar-refractivity contribution is 5.78. The third-order valence-electron chi connectivity index (χ3n) is 6.17. The lowest BCUT2D eigenvalue weighted by molar-refractivity contribution is -0.126. The SMILES string of the molecule is CCCn1cc(CNC(=O)C2CCC(Nc3nccc(N4CCC(O)C4)n3)CC2)cn1. The molecule has 1 saturated carbocycles. The molecule has 0 radical (unpaired) electrons. The molecule has 1 unspecified atom stereocenters. The maximum absolute atomic E-state index is 12.6. The summed E-state index contributed by atoms with van der Waals surface area (Å²) in [5.41, 5.74) is 1.04. The van der Waals surface area contributed by atoms with E-state index < -0.39 is 0 Å². The van der Waals surface area contributed by atoms with Gasteiger partial charge >= 0.3 is 0 Å². The minimum atomic E-state index is -0.277. The molecule has 2 aliphatic rings. The van der Waals surface area contributed by atoms with Crippen molar-refractivity contribution in [2.75, 3.05) is 23.3 Å². The number of aryl methyl sites for hydroxylation is 1. The Balaban J connectivity index is 1.22. The molecule has 1 amide bonds. The molecule has 1 aliphatic carbocycles. The van der Waals surface area contributed by atoms with Crippen LogP contribution in [0.15, 0.2) is 24.7 Å². The first kappa shape index (κ1) is 21.5. The van der Waals surface area contributed by atoms with Gasteiger partial charge in [0, 0.05) is 56.1 Å². The zero-order chi connectivity index (χ0) is 21.6. The van der Waals surface area contributed by atoms with Gasteiger partial charge in [-0.3, -0.25) is 9.48 Å². The monoisotopic (exact) mass is 427 g/mol. The first-order valence-corrected chi connectivity index (χ1v) is 11.4. The Kier molecular flexibility index (Phi) is 7.01. The molecule has 2 aromatic heterocycles. The summed E-state index contributed by atoms with van der Waals surface area (Å²) in [7, 11) is 0. The highest BCUT2D eigenvalue weighted by Crippen LogP contribution is 2.27. The van der Waals surface area contributed by atoms with Crippen molar-refractivity contribution in [3.63, 3.8) is 0 Å². The smallest absolute Gasteiger partial charge is 0.224 e. The average Bonchev–Trinajstić information content (AvgIpc) is 3.42. The van der Waals surface area contributed by atoms with Gasteiger partial charge in [0.05, 0.1) is 12.3 Å². The van der Waals surface area contributed by atoms with Crippen molar-refractivity contribution < 1.29 is 9.90 Å². The fraction of sp³-hybridized carbons (Fsp3) is 0.636. The van der Waals surface area contributed by atoms with Gasteiger partial charge in [-0.2, -0.15) is 10.1 Å². The molecule has 9 heteroatoms. The summed E-state index contributed by atoms with van der Waals surface area (Å²) < 4.78 is 1.92. The highest BCUT2D eigenvalue weighted by atomic mass is 16.3. The van der Waals surface area contributed by atoms with Crippen LogP contribution in [0.5, 0.6) is 0 Å². The summed E-state index contributed by atoms with van der Waals surface area (Å²) in [6.45, 7) is 4.99. The molecule has 1 atom stereocenters. The van der Waals surface area contributed by atoms with Crippen molar-refractivity contribution in [1.82, 2.24) is 25.1 Å². The van der Waals surface area contributed by atoms with E-state index in [1.165, 1.54) is 0 Å². The third kappa shape index (κ3) is 5.72. The van der Waals surface area contributed by atoms with E-state index >= 15 is 0 Å². The number of aromatic nitrogens is 4. The van der Waals surface area contributed by atoms with Gasteiger partial charge in [-0.25, -0.2) is 4.98 Å². The molecular weight excluding hydrogens is 394 g/mol. The first-order chi connectivity index (χ1) is 15.1. The van der Waals surface area contributed by atoms with Crippen molar-refractivity contribution in [1.29, 1.82) is 0 Å². The number of β-amino-alcohol motifs (C(OH)–C–C–N with tert-alkyl or cyclic N) is 1.